The highest BCUT2D eigenvalue weighted by Gasteiger charge is 2.06. The number of rotatable bonds is 7. The first-order valence-corrected chi connectivity index (χ1v) is 8.94. The third kappa shape index (κ3) is 4.49. The van der Waals surface area contributed by atoms with E-state index in [1.807, 2.05) is 44.4 Å². The standard InChI is InChI=1S/C21H25N3O2/c1-23(2)12-3-13-24-21(26)20-11-8-17(14-18(20)15-22-24)5-4-16-6-9-19(25)10-7-16/h6-11,14-15,25H,3-5,12-13H2,1-2H3. The molecule has 0 saturated carbocycles. The van der Waals surface area contributed by atoms with E-state index in [0.29, 0.717) is 6.54 Å². The molecular weight excluding hydrogens is 326 g/mol. The Balaban J connectivity index is 1.72. The van der Waals surface area contributed by atoms with Gasteiger partial charge in [-0.15, -0.1) is 0 Å². The Labute approximate surface area is 153 Å². The number of hydrogen-bond acceptors (Lipinski definition) is 4. The summed E-state index contributed by atoms with van der Waals surface area (Å²) >= 11 is 0. The van der Waals surface area contributed by atoms with Crippen LogP contribution in [-0.2, 0) is 19.4 Å². The lowest BCUT2D eigenvalue weighted by molar-refractivity contribution is 0.378. The van der Waals surface area contributed by atoms with Crippen LogP contribution in [0, 0.1) is 0 Å². The molecule has 1 aromatic heterocycles. The van der Waals surface area contributed by atoms with Crippen molar-refractivity contribution in [2.45, 2.75) is 25.8 Å². The van der Waals surface area contributed by atoms with Crippen molar-refractivity contribution in [2.24, 2.45) is 0 Å². The number of phenols is 1. The molecule has 0 unspecified atom stereocenters. The molecule has 0 fully saturated rings. The molecule has 0 aliphatic rings. The van der Waals surface area contributed by atoms with E-state index in [-0.39, 0.29) is 11.3 Å². The number of fused-ring (bicyclic) bond motifs is 1. The highest BCUT2D eigenvalue weighted by atomic mass is 16.3. The number of aromatic hydroxyl groups is 1. The fourth-order valence-corrected chi connectivity index (χ4v) is 3.04. The second kappa shape index (κ2) is 8.15. The third-order valence-corrected chi connectivity index (χ3v) is 4.53. The molecule has 0 aliphatic carbocycles. The van der Waals surface area contributed by atoms with E-state index in [2.05, 4.69) is 10.00 Å². The summed E-state index contributed by atoms with van der Waals surface area (Å²) in [6.45, 7) is 1.57. The van der Waals surface area contributed by atoms with Crippen LogP contribution in [0.2, 0.25) is 0 Å². The average molecular weight is 351 g/mol. The van der Waals surface area contributed by atoms with Gasteiger partial charge < -0.3 is 10.0 Å². The summed E-state index contributed by atoms with van der Waals surface area (Å²) in [5.74, 6) is 0.285. The lowest BCUT2D eigenvalue weighted by Gasteiger charge is -2.10. The number of aryl methyl sites for hydroxylation is 3. The van der Waals surface area contributed by atoms with Gasteiger partial charge in [0.25, 0.3) is 5.56 Å². The van der Waals surface area contributed by atoms with Crippen LogP contribution in [0.4, 0.5) is 0 Å². The van der Waals surface area contributed by atoms with Crippen molar-refractivity contribution in [1.82, 2.24) is 14.7 Å². The Morgan fingerprint density at radius 2 is 1.73 bits per heavy atom. The van der Waals surface area contributed by atoms with Gasteiger partial charge in [-0.2, -0.15) is 5.10 Å². The second-order valence-electron chi connectivity index (χ2n) is 6.92. The maximum absolute atomic E-state index is 12.6. The van der Waals surface area contributed by atoms with Gasteiger partial charge in [-0.3, -0.25) is 4.79 Å². The molecule has 0 radical (unpaired) electrons. The van der Waals surface area contributed by atoms with Crippen molar-refractivity contribution < 1.29 is 5.11 Å². The lowest BCUT2D eigenvalue weighted by atomic mass is 10.0. The maximum atomic E-state index is 12.6. The highest BCUT2D eigenvalue weighted by Crippen LogP contribution is 2.15. The lowest BCUT2D eigenvalue weighted by Crippen LogP contribution is -2.25. The number of hydrogen-bond donors (Lipinski definition) is 1. The summed E-state index contributed by atoms with van der Waals surface area (Å²) in [4.78, 5) is 14.7. The predicted molar refractivity (Wildman–Crippen MR) is 105 cm³/mol. The maximum Gasteiger partial charge on any atom is 0.274 e. The number of aromatic nitrogens is 2. The van der Waals surface area contributed by atoms with Gasteiger partial charge in [-0.1, -0.05) is 18.2 Å². The van der Waals surface area contributed by atoms with E-state index in [1.165, 1.54) is 11.1 Å². The molecule has 0 spiro atoms. The highest BCUT2D eigenvalue weighted by molar-refractivity contribution is 5.81. The fraction of sp³-hybridized carbons (Fsp3) is 0.333. The van der Waals surface area contributed by atoms with E-state index in [4.69, 9.17) is 0 Å². The molecule has 0 atom stereocenters. The second-order valence-corrected chi connectivity index (χ2v) is 6.92. The smallest absolute Gasteiger partial charge is 0.274 e. The summed E-state index contributed by atoms with van der Waals surface area (Å²) in [5.41, 5.74) is 2.33. The van der Waals surface area contributed by atoms with Gasteiger partial charge in [0, 0.05) is 11.9 Å². The van der Waals surface area contributed by atoms with Gasteiger partial charge in [0.1, 0.15) is 5.75 Å². The van der Waals surface area contributed by atoms with Gasteiger partial charge in [0.15, 0.2) is 0 Å². The van der Waals surface area contributed by atoms with E-state index < -0.39 is 0 Å². The van der Waals surface area contributed by atoms with Crippen LogP contribution in [0.25, 0.3) is 10.8 Å². The van der Waals surface area contributed by atoms with Crippen molar-refractivity contribution in [1.29, 1.82) is 0 Å². The van der Waals surface area contributed by atoms with E-state index in [0.717, 1.165) is 36.6 Å². The molecule has 2 aromatic carbocycles. The summed E-state index contributed by atoms with van der Waals surface area (Å²) < 4.78 is 1.56. The number of benzene rings is 2. The summed E-state index contributed by atoms with van der Waals surface area (Å²) in [6, 6.07) is 13.3. The van der Waals surface area contributed by atoms with Crippen LogP contribution in [0.5, 0.6) is 5.75 Å². The quantitative estimate of drug-likeness (QED) is 0.711. The Hall–Kier alpha value is -2.66. The largest absolute Gasteiger partial charge is 0.508 e. The number of phenolic OH excluding ortho intramolecular Hbond substituents is 1. The SMILES string of the molecule is CN(C)CCCn1ncc2cc(CCc3ccc(O)cc3)ccc2c1=O. The molecule has 5 heteroatoms. The Morgan fingerprint density at radius 1 is 1.04 bits per heavy atom. The minimum atomic E-state index is -0.0219. The molecule has 1 N–H and O–H groups in total. The van der Waals surface area contributed by atoms with Crippen molar-refractivity contribution in [3.63, 3.8) is 0 Å². The summed E-state index contributed by atoms with van der Waals surface area (Å²) in [6.07, 6.45) is 4.46. The van der Waals surface area contributed by atoms with Crippen LogP contribution in [-0.4, -0.2) is 40.4 Å². The summed E-state index contributed by atoms with van der Waals surface area (Å²) in [5, 5.41) is 15.3. The third-order valence-electron chi connectivity index (χ3n) is 4.53. The Bertz CT molecular complexity index is 930. The monoisotopic (exact) mass is 351 g/mol. The Morgan fingerprint density at radius 3 is 2.46 bits per heavy atom. The van der Waals surface area contributed by atoms with Crippen LogP contribution < -0.4 is 5.56 Å². The fourth-order valence-electron chi connectivity index (χ4n) is 3.04. The normalized spacial score (nSPS) is 11.3. The van der Waals surface area contributed by atoms with Crippen molar-refractivity contribution >= 4 is 10.8 Å². The van der Waals surface area contributed by atoms with Crippen LogP contribution in [0.15, 0.2) is 53.5 Å². The zero-order valence-electron chi connectivity index (χ0n) is 15.4. The minimum Gasteiger partial charge on any atom is -0.508 e. The van der Waals surface area contributed by atoms with Gasteiger partial charge in [-0.25, -0.2) is 4.68 Å². The van der Waals surface area contributed by atoms with Crippen molar-refractivity contribution in [3.8, 4) is 5.75 Å². The summed E-state index contributed by atoms with van der Waals surface area (Å²) in [7, 11) is 4.05. The van der Waals surface area contributed by atoms with Crippen molar-refractivity contribution in [2.75, 3.05) is 20.6 Å². The predicted octanol–water partition coefficient (Wildman–Crippen LogP) is 2.84. The first-order valence-electron chi connectivity index (χ1n) is 8.94. The molecule has 0 aliphatic heterocycles. The van der Waals surface area contributed by atoms with Gasteiger partial charge in [0.2, 0.25) is 0 Å². The zero-order chi connectivity index (χ0) is 18.5. The molecule has 136 valence electrons. The molecule has 0 saturated heterocycles. The van der Waals surface area contributed by atoms with Crippen LogP contribution >= 0.6 is 0 Å². The molecular formula is C21H25N3O2. The molecule has 0 bridgehead atoms. The zero-order valence-corrected chi connectivity index (χ0v) is 15.4. The molecule has 3 aromatic rings. The topological polar surface area (TPSA) is 58.4 Å². The first-order chi connectivity index (χ1) is 12.5. The van der Waals surface area contributed by atoms with Crippen LogP contribution in [0.1, 0.15) is 17.5 Å². The first kappa shape index (κ1) is 18.1. The Kier molecular flexibility index (Phi) is 5.68. The molecule has 5 nitrogen and oxygen atoms in total. The molecule has 0 amide bonds. The molecule has 26 heavy (non-hydrogen) atoms. The van der Waals surface area contributed by atoms with E-state index in [9.17, 15) is 9.90 Å². The van der Waals surface area contributed by atoms with E-state index >= 15 is 0 Å². The van der Waals surface area contributed by atoms with Gasteiger partial charge in [0.05, 0.1) is 11.6 Å². The van der Waals surface area contributed by atoms with Gasteiger partial charge >= 0.3 is 0 Å². The average Bonchev–Trinajstić information content (AvgIpc) is 2.63. The molecule has 3 rings (SSSR count). The van der Waals surface area contributed by atoms with Gasteiger partial charge in [-0.05, 0) is 75.3 Å². The van der Waals surface area contributed by atoms with E-state index in [1.54, 1.807) is 23.0 Å². The van der Waals surface area contributed by atoms with Crippen molar-refractivity contribution in [3.05, 3.63) is 70.1 Å². The minimum absolute atomic E-state index is 0.0219. The number of nitrogens with zero attached hydrogens (tertiary/aromatic N) is 3. The molecule has 1 heterocycles. The van der Waals surface area contributed by atoms with Crippen LogP contribution in [0.3, 0.4) is 0 Å².